The van der Waals surface area contributed by atoms with Crippen molar-refractivity contribution in [2.75, 3.05) is 12.4 Å². The van der Waals surface area contributed by atoms with E-state index in [0.717, 1.165) is 28.1 Å². The summed E-state index contributed by atoms with van der Waals surface area (Å²) in [5.74, 6) is 0.420. The summed E-state index contributed by atoms with van der Waals surface area (Å²) in [6.07, 6.45) is 3.28. The van der Waals surface area contributed by atoms with Crippen LogP contribution in [0, 0.1) is 13.8 Å². The Kier molecular flexibility index (Phi) is 5.80. The molecular formula is C26H23N7O2. The molecule has 35 heavy (non-hydrogen) atoms. The molecule has 0 fully saturated rings. The third-order valence-corrected chi connectivity index (χ3v) is 5.65. The number of aromatic nitrogens is 6. The highest BCUT2D eigenvalue weighted by Gasteiger charge is 2.20. The van der Waals surface area contributed by atoms with Crippen molar-refractivity contribution in [2.24, 2.45) is 0 Å². The van der Waals surface area contributed by atoms with E-state index in [1.807, 2.05) is 80.6 Å². The minimum absolute atomic E-state index is 0.268. The molecule has 2 heterocycles. The number of hydrogen-bond donors (Lipinski definition) is 1. The van der Waals surface area contributed by atoms with Crippen molar-refractivity contribution in [1.82, 2.24) is 30.0 Å². The number of ether oxygens (including phenoxy) is 1. The van der Waals surface area contributed by atoms with Gasteiger partial charge in [0.15, 0.2) is 0 Å². The Morgan fingerprint density at radius 2 is 1.80 bits per heavy atom. The number of anilines is 1. The summed E-state index contributed by atoms with van der Waals surface area (Å²) in [6.45, 7) is 3.96. The topological polar surface area (TPSA) is 99.8 Å². The van der Waals surface area contributed by atoms with Crippen LogP contribution in [0.1, 0.15) is 21.5 Å². The van der Waals surface area contributed by atoms with Gasteiger partial charge in [-0.2, -0.15) is 5.10 Å². The van der Waals surface area contributed by atoms with Crippen LogP contribution in [0.25, 0.3) is 22.6 Å². The summed E-state index contributed by atoms with van der Waals surface area (Å²) in [5.41, 5.74) is 6.20. The summed E-state index contributed by atoms with van der Waals surface area (Å²) < 4.78 is 8.68. The standard InChI is InChI=1S/C26H23N7O2/c1-17-7-10-21(11-8-17)32-15-23(25(29-32)19-5-4-6-22(14-19)35-3)26(34)28-20-9-12-24(18(2)13-20)33-16-27-30-31-33/h4-16H,1-3H3,(H,28,34). The first kappa shape index (κ1) is 22.0. The van der Waals surface area contributed by atoms with Gasteiger partial charge in [-0.25, -0.2) is 9.36 Å². The lowest BCUT2D eigenvalue weighted by Crippen LogP contribution is -2.13. The van der Waals surface area contributed by atoms with Gasteiger partial charge in [-0.1, -0.05) is 29.8 Å². The van der Waals surface area contributed by atoms with Crippen LogP contribution in [-0.4, -0.2) is 43.0 Å². The zero-order chi connectivity index (χ0) is 24.4. The predicted octanol–water partition coefficient (Wildman–Crippen LogP) is 4.39. The van der Waals surface area contributed by atoms with Crippen LogP contribution in [0.4, 0.5) is 5.69 Å². The molecule has 0 saturated carbocycles. The number of amides is 1. The van der Waals surface area contributed by atoms with Gasteiger partial charge in [-0.15, -0.1) is 5.10 Å². The third-order valence-electron chi connectivity index (χ3n) is 5.65. The molecule has 0 unspecified atom stereocenters. The summed E-state index contributed by atoms with van der Waals surface area (Å²) in [7, 11) is 1.61. The number of methoxy groups -OCH3 is 1. The van der Waals surface area contributed by atoms with Crippen LogP contribution in [-0.2, 0) is 0 Å². The minimum atomic E-state index is -0.268. The van der Waals surface area contributed by atoms with Crippen LogP contribution in [0.3, 0.4) is 0 Å². The van der Waals surface area contributed by atoms with E-state index in [4.69, 9.17) is 9.84 Å². The van der Waals surface area contributed by atoms with E-state index in [9.17, 15) is 4.79 Å². The molecule has 5 aromatic rings. The van der Waals surface area contributed by atoms with Gasteiger partial charge in [-0.3, -0.25) is 4.79 Å². The number of nitrogens with zero attached hydrogens (tertiary/aromatic N) is 6. The van der Waals surface area contributed by atoms with Crippen molar-refractivity contribution in [3.05, 3.63) is 95.9 Å². The lowest BCUT2D eigenvalue weighted by Gasteiger charge is -2.09. The first-order valence-corrected chi connectivity index (χ1v) is 11.0. The van der Waals surface area contributed by atoms with Gasteiger partial charge in [0.25, 0.3) is 5.91 Å². The zero-order valence-electron chi connectivity index (χ0n) is 19.5. The van der Waals surface area contributed by atoms with Crippen LogP contribution in [0.15, 0.2) is 79.3 Å². The summed E-state index contributed by atoms with van der Waals surface area (Å²) in [6, 6.07) is 21.0. The fraction of sp³-hybridized carbons (Fsp3) is 0.115. The van der Waals surface area contributed by atoms with Gasteiger partial charge >= 0.3 is 0 Å². The van der Waals surface area contributed by atoms with Gasteiger partial charge in [0.1, 0.15) is 17.8 Å². The Labute approximate surface area is 202 Å². The number of rotatable bonds is 6. The van der Waals surface area contributed by atoms with Crippen LogP contribution >= 0.6 is 0 Å². The molecule has 1 N–H and O–H groups in total. The van der Waals surface area contributed by atoms with Crippen molar-refractivity contribution < 1.29 is 9.53 Å². The molecule has 5 rings (SSSR count). The normalized spacial score (nSPS) is 10.8. The molecule has 0 radical (unpaired) electrons. The van der Waals surface area contributed by atoms with Crippen LogP contribution in [0.2, 0.25) is 0 Å². The molecular weight excluding hydrogens is 442 g/mol. The van der Waals surface area contributed by atoms with E-state index in [2.05, 4.69) is 20.8 Å². The highest BCUT2D eigenvalue weighted by molar-refractivity contribution is 6.08. The smallest absolute Gasteiger partial charge is 0.259 e. The Morgan fingerprint density at radius 3 is 2.51 bits per heavy atom. The van der Waals surface area contributed by atoms with E-state index in [1.165, 1.54) is 6.33 Å². The van der Waals surface area contributed by atoms with Crippen molar-refractivity contribution >= 4 is 11.6 Å². The average molecular weight is 466 g/mol. The maximum absolute atomic E-state index is 13.5. The van der Waals surface area contributed by atoms with Gasteiger partial charge in [0, 0.05) is 17.4 Å². The minimum Gasteiger partial charge on any atom is -0.497 e. The molecule has 0 aliphatic carbocycles. The second-order valence-corrected chi connectivity index (χ2v) is 8.11. The van der Waals surface area contributed by atoms with Gasteiger partial charge in [-0.05, 0) is 72.3 Å². The molecule has 0 spiro atoms. The lowest BCUT2D eigenvalue weighted by molar-refractivity contribution is 0.102. The SMILES string of the molecule is COc1cccc(-c2nn(-c3ccc(C)cc3)cc2C(=O)Nc2ccc(-n3cnnn3)c(C)c2)c1. The van der Waals surface area contributed by atoms with Crippen LogP contribution in [0.5, 0.6) is 5.75 Å². The second kappa shape index (κ2) is 9.22. The Hall–Kier alpha value is -4.79. The van der Waals surface area contributed by atoms with Crippen molar-refractivity contribution in [2.45, 2.75) is 13.8 Å². The molecule has 0 bridgehead atoms. The maximum Gasteiger partial charge on any atom is 0.259 e. The number of hydrogen-bond acceptors (Lipinski definition) is 6. The van der Waals surface area contributed by atoms with Gasteiger partial charge in [0.05, 0.1) is 24.0 Å². The van der Waals surface area contributed by atoms with E-state index in [0.29, 0.717) is 22.7 Å². The number of carbonyl (C=O) groups excluding carboxylic acids is 1. The Balaban J connectivity index is 1.51. The third kappa shape index (κ3) is 4.51. The summed E-state index contributed by atoms with van der Waals surface area (Å²) in [5, 5.41) is 19.0. The summed E-state index contributed by atoms with van der Waals surface area (Å²) in [4.78, 5) is 13.5. The van der Waals surface area contributed by atoms with Gasteiger partial charge in [0.2, 0.25) is 0 Å². The fourth-order valence-corrected chi connectivity index (χ4v) is 3.81. The Bertz CT molecular complexity index is 1490. The molecule has 3 aromatic carbocycles. The highest BCUT2D eigenvalue weighted by atomic mass is 16.5. The molecule has 9 nitrogen and oxygen atoms in total. The number of benzene rings is 3. The number of tetrazole rings is 1. The van der Waals surface area contributed by atoms with E-state index in [1.54, 1.807) is 22.7 Å². The summed E-state index contributed by atoms with van der Waals surface area (Å²) >= 11 is 0. The molecule has 174 valence electrons. The second-order valence-electron chi connectivity index (χ2n) is 8.11. The monoisotopic (exact) mass is 465 g/mol. The van der Waals surface area contributed by atoms with Crippen molar-refractivity contribution in [1.29, 1.82) is 0 Å². The van der Waals surface area contributed by atoms with Gasteiger partial charge < -0.3 is 10.1 Å². The van der Waals surface area contributed by atoms with E-state index in [-0.39, 0.29) is 5.91 Å². The zero-order valence-corrected chi connectivity index (χ0v) is 19.5. The Morgan fingerprint density at radius 1 is 0.971 bits per heavy atom. The first-order chi connectivity index (χ1) is 17.0. The molecule has 1 amide bonds. The molecule has 2 aromatic heterocycles. The maximum atomic E-state index is 13.5. The largest absolute Gasteiger partial charge is 0.497 e. The van der Waals surface area contributed by atoms with Crippen molar-refractivity contribution in [3.63, 3.8) is 0 Å². The highest BCUT2D eigenvalue weighted by Crippen LogP contribution is 2.28. The molecule has 0 aliphatic heterocycles. The van der Waals surface area contributed by atoms with E-state index < -0.39 is 0 Å². The van der Waals surface area contributed by atoms with Crippen LogP contribution < -0.4 is 10.1 Å². The molecule has 0 atom stereocenters. The fourth-order valence-electron chi connectivity index (χ4n) is 3.81. The predicted molar refractivity (Wildman–Crippen MR) is 132 cm³/mol. The number of carbonyl (C=O) groups is 1. The molecule has 9 heteroatoms. The first-order valence-electron chi connectivity index (χ1n) is 11.0. The average Bonchev–Trinajstić information content (AvgIpc) is 3.55. The quantitative estimate of drug-likeness (QED) is 0.399. The number of nitrogens with one attached hydrogen (secondary N) is 1. The molecule has 0 aliphatic rings. The van der Waals surface area contributed by atoms with Crippen molar-refractivity contribution in [3.8, 4) is 28.4 Å². The lowest BCUT2D eigenvalue weighted by atomic mass is 10.1. The molecule has 0 saturated heterocycles. The van der Waals surface area contributed by atoms with E-state index >= 15 is 0 Å². The number of aryl methyl sites for hydroxylation is 2.